The zero-order chi connectivity index (χ0) is 14.7. The molecule has 3 nitrogen and oxygen atoms in total. The minimum absolute atomic E-state index is 0.181. The zero-order valence-corrected chi connectivity index (χ0v) is 13.3. The number of hydrogen-bond acceptors (Lipinski definition) is 3. The fourth-order valence-corrected chi connectivity index (χ4v) is 4.00. The molecule has 1 aromatic carbocycles. The third-order valence-corrected chi connectivity index (χ3v) is 5.22. The molecule has 1 aromatic heterocycles. The van der Waals surface area contributed by atoms with Crippen LogP contribution in [0.25, 0.3) is 10.1 Å². The first-order chi connectivity index (χ1) is 10.3. The average molecular weight is 302 g/mol. The SMILES string of the molecule is CCN(CC1CCCNC1)C(=O)c1csc2ccccc12. The van der Waals surface area contributed by atoms with Crippen LogP contribution in [0.15, 0.2) is 29.6 Å². The Morgan fingerprint density at radius 1 is 1.43 bits per heavy atom. The highest BCUT2D eigenvalue weighted by atomic mass is 32.1. The van der Waals surface area contributed by atoms with Crippen LogP contribution in [0, 0.1) is 5.92 Å². The predicted octanol–water partition coefficient (Wildman–Crippen LogP) is 3.36. The number of carbonyl (C=O) groups excluding carboxylic acids is 1. The summed E-state index contributed by atoms with van der Waals surface area (Å²) in [5.41, 5.74) is 0.862. The highest BCUT2D eigenvalue weighted by Crippen LogP contribution is 2.27. The minimum Gasteiger partial charge on any atom is -0.339 e. The molecule has 0 radical (unpaired) electrons. The van der Waals surface area contributed by atoms with Gasteiger partial charge in [-0.05, 0) is 44.8 Å². The second kappa shape index (κ2) is 6.58. The van der Waals surface area contributed by atoms with Gasteiger partial charge in [-0.3, -0.25) is 4.79 Å². The van der Waals surface area contributed by atoms with Gasteiger partial charge in [0.15, 0.2) is 0 Å². The first kappa shape index (κ1) is 14.5. The van der Waals surface area contributed by atoms with Gasteiger partial charge in [0.2, 0.25) is 0 Å². The molecule has 1 fully saturated rings. The number of nitrogens with one attached hydrogen (secondary N) is 1. The third kappa shape index (κ3) is 3.11. The number of benzene rings is 1. The number of nitrogens with zero attached hydrogens (tertiary/aromatic N) is 1. The zero-order valence-electron chi connectivity index (χ0n) is 12.5. The lowest BCUT2D eigenvalue weighted by Crippen LogP contribution is -2.40. The van der Waals surface area contributed by atoms with Gasteiger partial charge in [-0.15, -0.1) is 11.3 Å². The van der Waals surface area contributed by atoms with E-state index in [2.05, 4.69) is 24.4 Å². The highest BCUT2D eigenvalue weighted by molar-refractivity contribution is 7.17. The van der Waals surface area contributed by atoms with E-state index in [4.69, 9.17) is 0 Å². The Kier molecular flexibility index (Phi) is 4.56. The second-order valence-electron chi connectivity index (χ2n) is 5.70. The Balaban J connectivity index is 1.78. The van der Waals surface area contributed by atoms with Crippen LogP contribution in [-0.4, -0.2) is 37.0 Å². The molecule has 0 bridgehead atoms. The third-order valence-electron chi connectivity index (χ3n) is 4.26. The van der Waals surface area contributed by atoms with Gasteiger partial charge in [0.05, 0.1) is 5.56 Å². The van der Waals surface area contributed by atoms with E-state index in [1.54, 1.807) is 11.3 Å². The summed E-state index contributed by atoms with van der Waals surface area (Å²) in [7, 11) is 0. The topological polar surface area (TPSA) is 32.3 Å². The molecule has 1 aliphatic rings. The average Bonchev–Trinajstić information content (AvgIpc) is 2.97. The molecule has 1 aliphatic heterocycles. The van der Waals surface area contributed by atoms with Crippen molar-refractivity contribution in [3.63, 3.8) is 0 Å². The van der Waals surface area contributed by atoms with Gasteiger partial charge in [-0.1, -0.05) is 18.2 Å². The molecule has 1 amide bonds. The Morgan fingerprint density at radius 2 is 2.29 bits per heavy atom. The van der Waals surface area contributed by atoms with E-state index >= 15 is 0 Å². The number of carbonyl (C=O) groups is 1. The molecule has 2 aromatic rings. The number of rotatable bonds is 4. The van der Waals surface area contributed by atoms with E-state index in [1.165, 1.54) is 17.5 Å². The summed E-state index contributed by atoms with van der Waals surface area (Å²) in [4.78, 5) is 14.8. The largest absolute Gasteiger partial charge is 0.339 e. The molecular weight excluding hydrogens is 280 g/mol. The van der Waals surface area contributed by atoms with Crippen molar-refractivity contribution in [3.05, 3.63) is 35.2 Å². The van der Waals surface area contributed by atoms with Crippen molar-refractivity contribution in [2.24, 2.45) is 5.92 Å². The maximum absolute atomic E-state index is 12.8. The van der Waals surface area contributed by atoms with Crippen molar-refractivity contribution in [1.82, 2.24) is 10.2 Å². The van der Waals surface area contributed by atoms with Gasteiger partial charge in [-0.2, -0.15) is 0 Å². The highest BCUT2D eigenvalue weighted by Gasteiger charge is 2.22. The van der Waals surface area contributed by atoms with Gasteiger partial charge < -0.3 is 10.2 Å². The first-order valence-corrected chi connectivity index (χ1v) is 8.63. The van der Waals surface area contributed by atoms with Crippen LogP contribution in [0.1, 0.15) is 30.1 Å². The van der Waals surface area contributed by atoms with Crippen molar-refractivity contribution in [1.29, 1.82) is 0 Å². The Labute approximate surface area is 130 Å². The van der Waals surface area contributed by atoms with Crippen LogP contribution < -0.4 is 5.32 Å². The van der Waals surface area contributed by atoms with Crippen molar-refractivity contribution in [2.75, 3.05) is 26.2 Å². The normalized spacial score (nSPS) is 18.8. The summed E-state index contributed by atoms with van der Waals surface area (Å²) >= 11 is 1.66. The first-order valence-electron chi connectivity index (χ1n) is 7.75. The quantitative estimate of drug-likeness (QED) is 0.939. The lowest BCUT2D eigenvalue weighted by Gasteiger charge is -2.29. The molecule has 2 heterocycles. The molecule has 0 spiro atoms. The molecule has 0 saturated carbocycles. The van der Waals surface area contributed by atoms with Gasteiger partial charge in [0, 0.05) is 28.6 Å². The van der Waals surface area contributed by atoms with Crippen molar-refractivity contribution < 1.29 is 4.79 Å². The molecule has 3 rings (SSSR count). The molecular formula is C17H22N2OS. The maximum atomic E-state index is 12.8. The summed E-state index contributed by atoms with van der Waals surface area (Å²) in [5.74, 6) is 0.771. The molecule has 1 atom stereocenters. The predicted molar refractivity (Wildman–Crippen MR) is 89.0 cm³/mol. The fraction of sp³-hybridized carbons (Fsp3) is 0.471. The standard InChI is InChI=1S/C17H22N2OS/c1-2-19(11-13-6-5-9-18-10-13)17(20)15-12-21-16-8-4-3-7-14(15)16/h3-4,7-8,12-13,18H,2,5-6,9-11H2,1H3. The van der Waals surface area contributed by atoms with Crippen LogP contribution >= 0.6 is 11.3 Å². The van der Waals surface area contributed by atoms with Gasteiger partial charge in [0.1, 0.15) is 0 Å². The molecule has 0 aliphatic carbocycles. The van der Waals surface area contributed by atoms with Crippen LogP contribution in [0.5, 0.6) is 0 Å². The minimum atomic E-state index is 0.181. The van der Waals surface area contributed by atoms with Crippen LogP contribution in [0.4, 0.5) is 0 Å². The van der Waals surface area contributed by atoms with E-state index in [0.717, 1.165) is 37.1 Å². The summed E-state index contributed by atoms with van der Waals surface area (Å²) in [6.07, 6.45) is 2.44. The number of thiophene rings is 1. The van der Waals surface area contributed by atoms with E-state index in [-0.39, 0.29) is 5.91 Å². The number of amides is 1. The molecule has 1 unspecified atom stereocenters. The van der Waals surface area contributed by atoms with Crippen molar-refractivity contribution in [2.45, 2.75) is 19.8 Å². The van der Waals surface area contributed by atoms with Crippen LogP contribution in [0.2, 0.25) is 0 Å². The van der Waals surface area contributed by atoms with E-state index < -0.39 is 0 Å². The van der Waals surface area contributed by atoms with E-state index in [1.807, 2.05) is 22.4 Å². The van der Waals surface area contributed by atoms with Gasteiger partial charge in [0.25, 0.3) is 5.91 Å². The van der Waals surface area contributed by atoms with E-state index in [9.17, 15) is 4.79 Å². The summed E-state index contributed by atoms with van der Waals surface area (Å²) in [6, 6.07) is 8.17. The Hall–Kier alpha value is -1.39. The Morgan fingerprint density at radius 3 is 3.05 bits per heavy atom. The lowest BCUT2D eigenvalue weighted by molar-refractivity contribution is 0.0731. The molecule has 21 heavy (non-hydrogen) atoms. The molecule has 4 heteroatoms. The van der Waals surface area contributed by atoms with Crippen LogP contribution in [0.3, 0.4) is 0 Å². The van der Waals surface area contributed by atoms with Crippen molar-refractivity contribution in [3.8, 4) is 0 Å². The van der Waals surface area contributed by atoms with Gasteiger partial charge in [-0.25, -0.2) is 0 Å². The summed E-state index contributed by atoms with van der Waals surface area (Å²) < 4.78 is 1.19. The summed E-state index contributed by atoms with van der Waals surface area (Å²) in [6.45, 7) is 5.87. The van der Waals surface area contributed by atoms with Crippen molar-refractivity contribution >= 4 is 27.3 Å². The second-order valence-corrected chi connectivity index (χ2v) is 6.61. The fourth-order valence-electron chi connectivity index (χ4n) is 3.06. The molecule has 112 valence electrons. The number of hydrogen-bond donors (Lipinski definition) is 1. The number of fused-ring (bicyclic) bond motifs is 1. The molecule has 1 saturated heterocycles. The smallest absolute Gasteiger partial charge is 0.255 e. The summed E-state index contributed by atoms with van der Waals surface area (Å²) in [5, 5.41) is 6.53. The Bertz CT molecular complexity index is 616. The molecule has 1 N–H and O–H groups in total. The van der Waals surface area contributed by atoms with E-state index in [0.29, 0.717) is 5.92 Å². The number of piperidine rings is 1. The van der Waals surface area contributed by atoms with Gasteiger partial charge >= 0.3 is 0 Å². The maximum Gasteiger partial charge on any atom is 0.255 e. The monoisotopic (exact) mass is 302 g/mol. The lowest BCUT2D eigenvalue weighted by atomic mass is 9.98. The van der Waals surface area contributed by atoms with Crippen LogP contribution in [-0.2, 0) is 0 Å².